The molecular formula is C17H24FNO4. The number of hydrogen-bond acceptors (Lipinski definition) is 4. The molecular weight excluding hydrogens is 301 g/mol. The highest BCUT2D eigenvalue weighted by Crippen LogP contribution is 2.18. The van der Waals surface area contributed by atoms with Gasteiger partial charge in [-0.25, -0.2) is 14.0 Å². The Morgan fingerprint density at radius 2 is 1.70 bits per heavy atom. The second-order valence-corrected chi connectivity index (χ2v) is 6.74. The third-order valence-corrected chi connectivity index (χ3v) is 2.81. The van der Waals surface area contributed by atoms with Crippen LogP contribution in [0, 0.1) is 0 Å². The molecule has 6 heteroatoms. The van der Waals surface area contributed by atoms with Crippen molar-refractivity contribution >= 4 is 12.1 Å². The van der Waals surface area contributed by atoms with Crippen LogP contribution in [0.5, 0.6) is 0 Å². The summed E-state index contributed by atoms with van der Waals surface area (Å²) >= 11 is 0. The monoisotopic (exact) mass is 325 g/mol. The van der Waals surface area contributed by atoms with E-state index < -0.39 is 29.4 Å². The summed E-state index contributed by atoms with van der Waals surface area (Å²) in [5.74, 6) is -0.854. The molecule has 0 aliphatic carbocycles. The second-order valence-electron chi connectivity index (χ2n) is 6.74. The third kappa shape index (κ3) is 7.13. The van der Waals surface area contributed by atoms with Crippen molar-refractivity contribution in [2.75, 3.05) is 0 Å². The van der Waals surface area contributed by atoms with Gasteiger partial charge in [-0.3, -0.25) is 0 Å². The maximum absolute atomic E-state index is 14.3. The summed E-state index contributed by atoms with van der Waals surface area (Å²) in [4.78, 5) is 23.9. The van der Waals surface area contributed by atoms with Crippen molar-refractivity contribution in [1.29, 1.82) is 0 Å². The standard InChI is InChI=1S/C17H24FNO4/c1-16(2,3)23-15(21)19-13(17(4,5)18)14(20)22-11-12-9-7-6-8-10-12/h6-10,13H,11H2,1-5H3,(H,19,21)/t13-/m1/s1. The van der Waals surface area contributed by atoms with Crippen LogP contribution in [-0.2, 0) is 20.9 Å². The van der Waals surface area contributed by atoms with Crippen LogP contribution in [0.15, 0.2) is 30.3 Å². The number of halogens is 1. The van der Waals surface area contributed by atoms with Gasteiger partial charge >= 0.3 is 12.1 Å². The maximum atomic E-state index is 14.3. The molecule has 0 aliphatic heterocycles. The number of carbonyl (C=O) groups is 2. The number of nitrogens with one attached hydrogen (secondary N) is 1. The van der Waals surface area contributed by atoms with Crippen LogP contribution < -0.4 is 5.32 Å². The van der Waals surface area contributed by atoms with E-state index in [4.69, 9.17) is 9.47 Å². The fourth-order valence-electron chi connectivity index (χ4n) is 1.75. The van der Waals surface area contributed by atoms with Gasteiger partial charge in [0.2, 0.25) is 0 Å². The predicted octanol–water partition coefficient (Wildman–Crippen LogP) is 3.37. The lowest BCUT2D eigenvalue weighted by Gasteiger charge is -2.28. The highest BCUT2D eigenvalue weighted by Gasteiger charge is 2.39. The highest BCUT2D eigenvalue weighted by molar-refractivity contribution is 5.82. The first-order valence-corrected chi connectivity index (χ1v) is 7.38. The lowest BCUT2D eigenvalue weighted by atomic mass is 10.0. The summed E-state index contributed by atoms with van der Waals surface area (Å²) in [6.45, 7) is 7.42. The Balaban J connectivity index is 2.70. The van der Waals surface area contributed by atoms with E-state index in [9.17, 15) is 14.0 Å². The molecule has 0 radical (unpaired) electrons. The van der Waals surface area contributed by atoms with Crippen molar-refractivity contribution < 1.29 is 23.5 Å². The minimum absolute atomic E-state index is 0.00223. The lowest BCUT2D eigenvalue weighted by Crippen LogP contribution is -2.53. The van der Waals surface area contributed by atoms with Gasteiger partial charge in [-0.15, -0.1) is 0 Å². The van der Waals surface area contributed by atoms with Crippen LogP contribution >= 0.6 is 0 Å². The summed E-state index contributed by atoms with van der Waals surface area (Å²) < 4.78 is 24.4. The molecule has 0 spiro atoms. The van der Waals surface area contributed by atoms with Gasteiger partial charge in [0.1, 0.15) is 17.9 Å². The lowest BCUT2D eigenvalue weighted by molar-refractivity contribution is -0.151. The second kappa shape index (κ2) is 7.44. The zero-order valence-electron chi connectivity index (χ0n) is 14.2. The Morgan fingerprint density at radius 1 is 1.13 bits per heavy atom. The van der Waals surface area contributed by atoms with Crippen LogP contribution in [0.2, 0.25) is 0 Å². The molecule has 0 saturated carbocycles. The number of alkyl halides is 1. The Kier molecular flexibility index (Phi) is 6.12. The Bertz CT molecular complexity index is 532. The van der Waals surface area contributed by atoms with Gasteiger partial charge in [-0.1, -0.05) is 30.3 Å². The smallest absolute Gasteiger partial charge is 0.408 e. The molecule has 0 heterocycles. The number of hydrogen-bond donors (Lipinski definition) is 1. The van der Waals surface area contributed by atoms with Crippen molar-refractivity contribution in [2.45, 2.75) is 58.5 Å². The van der Waals surface area contributed by atoms with Gasteiger partial charge in [0.15, 0.2) is 6.04 Å². The number of carbonyl (C=O) groups excluding carboxylic acids is 2. The van der Waals surface area contributed by atoms with Gasteiger partial charge in [-0.2, -0.15) is 0 Å². The van der Waals surface area contributed by atoms with Gasteiger partial charge in [0, 0.05) is 0 Å². The average molecular weight is 325 g/mol. The summed E-state index contributed by atoms with van der Waals surface area (Å²) in [6.07, 6.45) is -0.870. The number of ether oxygens (including phenoxy) is 2. The third-order valence-electron chi connectivity index (χ3n) is 2.81. The largest absolute Gasteiger partial charge is 0.459 e. The van der Waals surface area contributed by atoms with Crippen LogP contribution in [-0.4, -0.2) is 29.4 Å². The van der Waals surface area contributed by atoms with E-state index >= 15 is 0 Å². The summed E-state index contributed by atoms with van der Waals surface area (Å²) in [7, 11) is 0. The van der Waals surface area contributed by atoms with Crippen molar-refractivity contribution in [2.24, 2.45) is 0 Å². The van der Waals surface area contributed by atoms with Gasteiger partial charge in [-0.05, 0) is 40.2 Å². The van der Waals surface area contributed by atoms with Crippen LogP contribution in [0.25, 0.3) is 0 Å². The van der Waals surface area contributed by atoms with Crippen LogP contribution in [0.3, 0.4) is 0 Å². The Hall–Kier alpha value is -2.11. The molecule has 1 rings (SSSR count). The first kappa shape index (κ1) is 18.9. The molecule has 23 heavy (non-hydrogen) atoms. The van der Waals surface area contributed by atoms with E-state index in [1.165, 1.54) is 13.8 Å². The molecule has 1 atom stereocenters. The topological polar surface area (TPSA) is 64.6 Å². The van der Waals surface area contributed by atoms with E-state index in [1.54, 1.807) is 45.0 Å². The summed E-state index contributed by atoms with van der Waals surface area (Å²) in [5.41, 5.74) is -1.97. The van der Waals surface area contributed by atoms with Gasteiger partial charge in [0.05, 0.1) is 0 Å². The Labute approximate surface area is 136 Å². The number of rotatable bonds is 5. The number of benzene rings is 1. The maximum Gasteiger partial charge on any atom is 0.408 e. The van der Waals surface area contributed by atoms with E-state index in [0.717, 1.165) is 5.56 Å². The molecule has 1 amide bonds. The molecule has 0 fully saturated rings. The zero-order chi connectivity index (χ0) is 17.7. The molecule has 0 aromatic heterocycles. The molecule has 1 N–H and O–H groups in total. The molecule has 5 nitrogen and oxygen atoms in total. The molecule has 0 aliphatic rings. The highest BCUT2D eigenvalue weighted by atomic mass is 19.1. The van der Waals surface area contributed by atoms with E-state index in [2.05, 4.69) is 5.32 Å². The molecule has 0 bridgehead atoms. The molecule has 0 unspecified atom stereocenters. The minimum atomic E-state index is -2.00. The first-order valence-electron chi connectivity index (χ1n) is 7.38. The predicted molar refractivity (Wildman–Crippen MR) is 84.6 cm³/mol. The van der Waals surface area contributed by atoms with Crippen LogP contribution in [0.4, 0.5) is 9.18 Å². The SMILES string of the molecule is CC(C)(C)OC(=O)N[C@H](C(=O)OCc1ccccc1)C(C)(C)F. The van der Waals surface area contributed by atoms with E-state index in [-0.39, 0.29) is 6.61 Å². The van der Waals surface area contributed by atoms with Crippen molar-refractivity contribution in [3.05, 3.63) is 35.9 Å². The molecule has 1 aromatic carbocycles. The van der Waals surface area contributed by atoms with Crippen LogP contribution in [0.1, 0.15) is 40.2 Å². The molecule has 1 aromatic rings. The first-order chi connectivity index (χ1) is 10.5. The normalized spacial score (nSPS) is 13.1. The number of alkyl carbamates (subject to hydrolysis) is 1. The van der Waals surface area contributed by atoms with E-state index in [0.29, 0.717) is 0 Å². The molecule has 128 valence electrons. The fraction of sp³-hybridized carbons (Fsp3) is 0.529. The average Bonchev–Trinajstić information content (AvgIpc) is 2.40. The van der Waals surface area contributed by atoms with E-state index in [1.807, 2.05) is 6.07 Å². The van der Waals surface area contributed by atoms with Gasteiger partial charge < -0.3 is 14.8 Å². The summed E-state index contributed by atoms with van der Waals surface area (Å²) in [6, 6.07) is 7.55. The quantitative estimate of drug-likeness (QED) is 0.843. The number of amides is 1. The zero-order valence-corrected chi connectivity index (χ0v) is 14.2. The fourth-order valence-corrected chi connectivity index (χ4v) is 1.75. The van der Waals surface area contributed by atoms with Crippen molar-refractivity contribution in [3.63, 3.8) is 0 Å². The van der Waals surface area contributed by atoms with Gasteiger partial charge in [0.25, 0.3) is 0 Å². The molecule has 0 saturated heterocycles. The summed E-state index contributed by atoms with van der Waals surface area (Å²) in [5, 5.41) is 2.24. The van der Waals surface area contributed by atoms with Crippen molar-refractivity contribution in [1.82, 2.24) is 5.32 Å². The van der Waals surface area contributed by atoms with Crippen molar-refractivity contribution in [3.8, 4) is 0 Å². The minimum Gasteiger partial charge on any atom is -0.459 e. The Morgan fingerprint density at radius 3 is 2.17 bits per heavy atom. The number of esters is 1.